The van der Waals surface area contributed by atoms with Crippen LogP contribution in [0.3, 0.4) is 0 Å². The fraction of sp³-hybridized carbons (Fsp3) is 0.316. The van der Waals surface area contributed by atoms with Gasteiger partial charge in [-0.15, -0.1) is 0 Å². The zero-order valence-corrected chi connectivity index (χ0v) is 12.8. The highest BCUT2D eigenvalue weighted by atomic mass is 16.1. The first-order valence-corrected chi connectivity index (χ1v) is 7.95. The summed E-state index contributed by atoms with van der Waals surface area (Å²) in [6.45, 7) is 3.42. The van der Waals surface area contributed by atoms with Crippen molar-refractivity contribution in [2.24, 2.45) is 0 Å². The maximum Gasteiger partial charge on any atom is 0.228 e. The Morgan fingerprint density at radius 2 is 1.59 bits per heavy atom. The molecule has 3 rings (SSSR count). The average molecular weight is 294 g/mol. The number of hydrogen-bond acceptors (Lipinski definition) is 2. The standard InChI is InChI=1S/C19H22N2O/c22-19(14-16-6-2-1-3-7-16)20-18-10-8-17(9-11-18)15-21-12-4-5-13-21/h1-3,6-11H,4-5,12-15H2,(H,20,22). The minimum absolute atomic E-state index is 0.0264. The number of hydrogen-bond donors (Lipinski definition) is 1. The van der Waals surface area contributed by atoms with E-state index in [4.69, 9.17) is 0 Å². The Kier molecular flexibility index (Phi) is 4.86. The topological polar surface area (TPSA) is 32.3 Å². The average Bonchev–Trinajstić information content (AvgIpc) is 3.03. The molecule has 1 aliphatic rings. The van der Waals surface area contributed by atoms with Gasteiger partial charge < -0.3 is 5.32 Å². The second-order valence-electron chi connectivity index (χ2n) is 5.89. The van der Waals surface area contributed by atoms with Crippen LogP contribution in [-0.4, -0.2) is 23.9 Å². The molecule has 1 saturated heterocycles. The smallest absolute Gasteiger partial charge is 0.228 e. The van der Waals surface area contributed by atoms with Gasteiger partial charge in [-0.05, 0) is 49.2 Å². The molecule has 2 aromatic carbocycles. The number of likely N-dealkylation sites (tertiary alicyclic amines) is 1. The molecule has 0 unspecified atom stereocenters. The van der Waals surface area contributed by atoms with Crippen molar-refractivity contribution in [3.05, 3.63) is 65.7 Å². The Bertz CT molecular complexity index is 601. The molecule has 3 nitrogen and oxygen atoms in total. The highest BCUT2D eigenvalue weighted by molar-refractivity contribution is 5.92. The van der Waals surface area contributed by atoms with Gasteiger partial charge in [-0.3, -0.25) is 9.69 Å². The lowest BCUT2D eigenvalue weighted by molar-refractivity contribution is -0.115. The van der Waals surface area contributed by atoms with Crippen LogP contribution in [0.2, 0.25) is 0 Å². The fourth-order valence-corrected chi connectivity index (χ4v) is 2.88. The van der Waals surface area contributed by atoms with E-state index in [0.29, 0.717) is 6.42 Å². The minimum atomic E-state index is 0.0264. The van der Waals surface area contributed by atoms with Crippen LogP contribution >= 0.6 is 0 Å². The Morgan fingerprint density at radius 1 is 0.909 bits per heavy atom. The van der Waals surface area contributed by atoms with Crippen LogP contribution < -0.4 is 5.32 Å². The molecule has 22 heavy (non-hydrogen) atoms. The molecular weight excluding hydrogens is 272 g/mol. The number of anilines is 1. The van der Waals surface area contributed by atoms with E-state index in [-0.39, 0.29) is 5.91 Å². The Morgan fingerprint density at radius 3 is 2.27 bits per heavy atom. The van der Waals surface area contributed by atoms with Gasteiger partial charge in [0.1, 0.15) is 0 Å². The molecule has 0 radical (unpaired) electrons. The quantitative estimate of drug-likeness (QED) is 0.916. The van der Waals surface area contributed by atoms with E-state index in [1.165, 1.54) is 31.5 Å². The molecular formula is C19H22N2O. The van der Waals surface area contributed by atoms with Crippen molar-refractivity contribution in [3.63, 3.8) is 0 Å². The monoisotopic (exact) mass is 294 g/mol. The van der Waals surface area contributed by atoms with Crippen LogP contribution in [0.4, 0.5) is 5.69 Å². The van der Waals surface area contributed by atoms with Crippen molar-refractivity contribution in [2.45, 2.75) is 25.8 Å². The third-order valence-corrected chi connectivity index (χ3v) is 4.05. The number of carbonyl (C=O) groups is 1. The molecule has 2 aromatic rings. The molecule has 0 aromatic heterocycles. The summed E-state index contributed by atoms with van der Waals surface area (Å²) < 4.78 is 0. The van der Waals surface area contributed by atoms with E-state index in [9.17, 15) is 4.79 Å². The van der Waals surface area contributed by atoms with Crippen molar-refractivity contribution < 1.29 is 4.79 Å². The van der Waals surface area contributed by atoms with Crippen LogP contribution in [-0.2, 0) is 17.8 Å². The predicted octanol–water partition coefficient (Wildman–Crippen LogP) is 3.46. The van der Waals surface area contributed by atoms with Crippen molar-refractivity contribution in [2.75, 3.05) is 18.4 Å². The van der Waals surface area contributed by atoms with E-state index in [1.54, 1.807) is 0 Å². The summed E-state index contributed by atoms with van der Waals surface area (Å²) in [7, 11) is 0. The number of rotatable bonds is 5. The summed E-state index contributed by atoms with van der Waals surface area (Å²) in [5.74, 6) is 0.0264. The lowest BCUT2D eigenvalue weighted by Crippen LogP contribution is -2.18. The van der Waals surface area contributed by atoms with Crippen molar-refractivity contribution >= 4 is 11.6 Å². The first-order valence-electron chi connectivity index (χ1n) is 7.95. The summed E-state index contributed by atoms with van der Waals surface area (Å²) in [5.41, 5.74) is 3.21. The molecule has 3 heteroatoms. The molecule has 1 fully saturated rings. The van der Waals surface area contributed by atoms with Crippen LogP contribution in [0.15, 0.2) is 54.6 Å². The second kappa shape index (κ2) is 7.23. The lowest BCUT2D eigenvalue weighted by atomic mass is 10.1. The summed E-state index contributed by atoms with van der Waals surface area (Å²) in [6, 6.07) is 18.0. The normalized spacial score (nSPS) is 14.9. The van der Waals surface area contributed by atoms with Crippen LogP contribution in [0.25, 0.3) is 0 Å². The van der Waals surface area contributed by atoms with E-state index < -0.39 is 0 Å². The third kappa shape index (κ3) is 4.18. The fourth-order valence-electron chi connectivity index (χ4n) is 2.88. The van der Waals surface area contributed by atoms with E-state index in [1.807, 2.05) is 42.5 Å². The minimum Gasteiger partial charge on any atom is -0.326 e. The van der Waals surface area contributed by atoms with Gasteiger partial charge >= 0.3 is 0 Å². The molecule has 0 aliphatic carbocycles. The summed E-state index contributed by atoms with van der Waals surface area (Å²) in [5, 5.41) is 2.96. The van der Waals surface area contributed by atoms with Crippen LogP contribution in [0.1, 0.15) is 24.0 Å². The molecule has 0 spiro atoms. The predicted molar refractivity (Wildman–Crippen MR) is 89.7 cm³/mol. The molecule has 1 aliphatic heterocycles. The Hall–Kier alpha value is -2.13. The summed E-state index contributed by atoms with van der Waals surface area (Å²) >= 11 is 0. The van der Waals surface area contributed by atoms with Gasteiger partial charge in [0, 0.05) is 12.2 Å². The SMILES string of the molecule is O=C(Cc1ccccc1)Nc1ccc(CN2CCCC2)cc1. The first-order chi connectivity index (χ1) is 10.8. The maximum atomic E-state index is 12.0. The second-order valence-corrected chi connectivity index (χ2v) is 5.89. The van der Waals surface area contributed by atoms with Gasteiger partial charge in [0.25, 0.3) is 0 Å². The van der Waals surface area contributed by atoms with Gasteiger partial charge in [-0.1, -0.05) is 42.5 Å². The highest BCUT2D eigenvalue weighted by Gasteiger charge is 2.11. The van der Waals surface area contributed by atoms with E-state index in [2.05, 4.69) is 22.3 Å². The number of benzene rings is 2. The summed E-state index contributed by atoms with van der Waals surface area (Å²) in [6.07, 6.45) is 3.04. The Balaban J connectivity index is 1.53. The Labute approximate surface area is 132 Å². The van der Waals surface area contributed by atoms with Gasteiger partial charge in [-0.25, -0.2) is 0 Å². The largest absolute Gasteiger partial charge is 0.326 e. The molecule has 114 valence electrons. The lowest BCUT2D eigenvalue weighted by Gasteiger charge is -2.14. The van der Waals surface area contributed by atoms with Gasteiger partial charge in [0.2, 0.25) is 5.91 Å². The molecule has 0 bridgehead atoms. The third-order valence-electron chi connectivity index (χ3n) is 4.05. The van der Waals surface area contributed by atoms with Crippen molar-refractivity contribution in [3.8, 4) is 0 Å². The molecule has 0 saturated carbocycles. The zero-order chi connectivity index (χ0) is 15.2. The van der Waals surface area contributed by atoms with E-state index in [0.717, 1.165) is 17.8 Å². The number of nitrogens with one attached hydrogen (secondary N) is 1. The first kappa shape index (κ1) is 14.8. The highest BCUT2D eigenvalue weighted by Crippen LogP contribution is 2.15. The zero-order valence-electron chi connectivity index (χ0n) is 12.8. The van der Waals surface area contributed by atoms with Gasteiger partial charge in [0.05, 0.1) is 6.42 Å². The van der Waals surface area contributed by atoms with Crippen molar-refractivity contribution in [1.82, 2.24) is 4.90 Å². The molecule has 0 atom stereocenters. The molecule has 1 amide bonds. The maximum absolute atomic E-state index is 12.0. The molecule has 1 heterocycles. The number of nitrogens with zero attached hydrogens (tertiary/aromatic N) is 1. The number of amides is 1. The van der Waals surface area contributed by atoms with Gasteiger partial charge in [0.15, 0.2) is 0 Å². The van der Waals surface area contributed by atoms with Crippen molar-refractivity contribution in [1.29, 1.82) is 0 Å². The van der Waals surface area contributed by atoms with Crippen LogP contribution in [0.5, 0.6) is 0 Å². The summed E-state index contributed by atoms with van der Waals surface area (Å²) in [4.78, 5) is 14.5. The van der Waals surface area contributed by atoms with E-state index >= 15 is 0 Å². The van der Waals surface area contributed by atoms with Gasteiger partial charge in [-0.2, -0.15) is 0 Å². The number of carbonyl (C=O) groups excluding carboxylic acids is 1. The van der Waals surface area contributed by atoms with Crippen LogP contribution in [0, 0.1) is 0 Å². The molecule has 1 N–H and O–H groups in total.